The summed E-state index contributed by atoms with van der Waals surface area (Å²) in [6.07, 6.45) is 1.11. The van der Waals surface area contributed by atoms with Crippen LogP contribution in [0.5, 0.6) is 0 Å². The average Bonchev–Trinajstić information content (AvgIpc) is 2.05. The van der Waals surface area contributed by atoms with Crippen molar-refractivity contribution in [3.8, 4) is 0 Å². The van der Waals surface area contributed by atoms with Crippen molar-refractivity contribution in [2.75, 3.05) is 6.54 Å². The van der Waals surface area contributed by atoms with Crippen LogP contribution >= 0.6 is 0 Å². The maximum atomic E-state index is 9.25. The van der Waals surface area contributed by atoms with E-state index >= 15 is 0 Å². The molecule has 12 heavy (non-hydrogen) atoms. The van der Waals surface area contributed by atoms with E-state index in [1.54, 1.807) is 6.92 Å². The smallest absolute Gasteiger partial charge is 0.327 e. The van der Waals surface area contributed by atoms with E-state index in [1.807, 2.05) is 0 Å². The predicted molar refractivity (Wildman–Crippen MR) is 44.3 cm³/mol. The molecule has 72 valence electrons. The highest BCUT2D eigenvalue weighted by Crippen LogP contribution is 1.99. The molecule has 0 aliphatic heterocycles. The van der Waals surface area contributed by atoms with Crippen LogP contribution in [0.25, 0.3) is 0 Å². The van der Waals surface area contributed by atoms with Gasteiger partial charge in [0.05, 0.1) is 0 Å². The SMILES string of the molecule is C=CC(=O)O.CCC(O)(O)CN. The Bertz CT molecular complexity index is 138. The average molecular weight is 177 g/mol. The molecule has 0 atom stereocenters. The second kappa shape index (κ2) is 6.78. The Kier molecular flexibility index (Phi) is 7.72. The van der Waals surface area contributed by atoms with Crippen LogP contribution in [0, 0.1) is 0 Å². The van der Waals surface area contributed by atoms with Crippen LogP contribution in [-0.2, 0) is 4.79 Å². The minimum atomic E-state index is -1.64. The number of carboxylic acids is 1. The topological polar surface area (TPSA) is 104 Å². The lowest BCUT2D eigenvalue weighted by molar-refractivity contribution is -0.153. The van der Waals surface area contributed by atoms with Crippen molar-refractivity contribution >= 4 is 5.97 Å². The molecule has 0 radical (unpaired) electrons. The zero-order chi connectivity index (χ0) is 10.2. The van der Waals surface area contributed by atoms with Gasteiger partial charge in [-0.05, 0) is 6.42 Å². The molecule has 5 N–H and O–H groups in total. The fourth-order valence-corrected chi connectivity index (χ4v) is 0.144. The first-order chi connectivity index (χ1) is 5.39. The van der Waals surface area contributed by atoms with E-state index < -0.39 is 11.8 Å². The fourth-order valence-electron chi connectivity index (χ4n) is 0.144. The number of aliphatic hydroxyl groups is 2. The molecular formula is C7H15NO4. The Morgan fingerprint density at radius 1 is 1.67 bits per heavy atom. The molecule has 0 rings (SSSR count). The molecule has 5 nitrogen and oxygen atoms in total. The molecule has 0 aliphatic rings. The lowest BCUT2D eigenvalue weighted by Gasteiger charge is -2.15. The van der Waals surface area contributed by atoms with Crippen LogP contribution in [0.2, 0.25) is 0 Å². The molecule has 0 aromatic carbocycles. The summed E-state index contributed by atoms with van der Waals surface area (Å²) in [6, 6.07) is 0. The van der Waals surface area contributed by atoms with Gasteiger partial charge < -0.3 is 21.1 Å². The van der Waals surface area contributed by atoms with Gasteiger partial charge in [0.1, 0.15) is 0 Å². The van der Waals surface area contributed by atoms with Crippen LogP contribution in [-0.4, -0.2) is 33.6 Å². The predicted octanol–water partition coefficient (Wildman–Crippen LogP) is -0.707. The molecular weight excluding hydrogens is 162 g/mol. The molecule has 5 heteroatoms. The summed E-state index contributed by atoms with van der Waals surface area (Å²) in [4.78, 5) is 9.25. The maximum Gasteiger partial charge on any atom is 0.327 e. The molecule has 0 unspecified atom stereocenters. The van der Waals surface area contributed by atoms with Crippen LogP contribution in [0.15, 0.2) is 12.7 Å². The van der Waals surface area contributed by atoms with Gasteiger partial charge in [0, 0.05) is 12.6 Å². The number of nitrogens with two attached hydrogens (primary N) is 1. The van der Waals surface area contributed by atoms with Crippen molar-refractivity contribution in [2.24, 2.45) is 5.73 Å². The van der Waals surface area contributed by atoms with Crippen LogP contribution in [0.3, 0.4) is 0 Å². The lowest BCUT2D eigenvalue weighted by atomic mass is 10.2. The summed E-state index contributed by atoms with van der Waals surface area (Å²) in [5.74, 6) is -2.62. The van der Waals surface area contributed by atoms with Gasteiger partial charge in [0.2, 0.25) is 0 Å². The zero-order valence-corrected chi connectivity index (χ0v) is 7.03. The Hall–Kier alpha value is -0.910. The summed E-state index contributed by atoms with van der Waals surface area (Å²) in [5, 5.41) is 24.7. The largest absolute Gasteiger partial charge is 0.478 e. The van der Waals surface area contributed by atoms with Gasteiger partial charge in [-0.2, -0.15) is 0 Å². The molecule has 0 aromatic rings. The minimum absolute atomic E-state index is 0.0938. The second-order valence-electron chi connectivity index (χ2n) is 2.08. The molecule has 0 aliphatic carbocycles. The van der Waals surface area contributed by atoms with Crippen molar-refractivity contribution in [1.29, 1.82) is 0 Å². The minimum Gasteiger partial charge on any atom is -0.478 e. The Labute approximate surface area is 71.1 Å². The van der Waals surface area contributed by atoms with Crippen molar-refractivity contribution in [3.05, 3.63) is 12.7 Å². The fraction of sp³-hybridized carbons (Fsp3) is 0.571. The van der Waals surface area contributed by atoms with Gasteiger partial charge in [0.25, 0.3) is 0 Å². The van der Waals surface area contributed by atoms with E-state index in [9.17, 15) is 4.79 Å². The Morgan fingerprint density at radius 2 is 2.00 bits per heavy atom. The highest BCUT2D eigenvalue weighted by Gasteiger charge is 2.15. The highest BCUT2D eigenvalue weighted by atomic mass is 16.5. The maximum absolute atomic E-state index is 9.25. The van der Waals surface area contributed by atoms with Crippen LogP contribution in [0.1, 0.15) is 13.3 Å². The van der Waals surface area contributed by atoms with E-state index in [0.29, 0.717) is 0 Å². The van der Waals surface area contributed by atoms with Crippen molar-refractivity contribution in [3.63, 3.8) is 0 Å². The number of carbonyl (C=O) groups is 1. The first-order valence-electron chi connectivity index (χ1n) is 3.39. The van der Waals surface area contributed by atoms with E-state index in [4.69, 9.17) is 21.1 Å². The molecule has 0 aromatic heterocycles. The summed E-state index contributed by atoms with van der Waals surface area (Å²) < 4.78 is 0. The van der Waals surface area contributed by atoms with Crippen molar-refractivity contribution in [1.82, 2.24) is 0 Å². The molecule has 0 amide bonds. The van der Waals surface area contributed by atoms with Gasteiger partial charge in [-0.1, -0.05) is 13.5 Å². The number of carboxylic acid groups (broad SMARTS) is 1. The van der Waals surface area contributed by atoms with E-state index in [-0.39, 0.29) is 13.0 Å². The summed E-state index contributed by atoms with van der Waals surface area (Å²) in [5.41, 5.74) is 4.92. The number of hydrogen-bond donors (Lipinski definition) is 4. The van der Waals surface area contributed by atoms with Crippen molar-refractivity contribution in [2.45, 2.75) is 19.1 Å². The van der Waals surface area contributed by atoms with Gasteiger partial charge in [0.15, 0.2) is 5.79 Å². The molecule has 0 saturated heterocycles. The van der Waals surface area contributed by atoms with E-state index in [1.165, 1.54) is 0 Å². The molecule has 0 fully saturated rings. The molecule has 0 spiro atoms. The number of hydrogen-bond acceptors (Lipinski definition) is 4. The van der Waals surface area contributed by atoms with Crippen LogP contribution in [0.4, 0.5) is 0 Å². The normalized spacial score (nSPS) is 9.67. The van der Waals surface area contributed by atoms with Gasteiger partial charge in [-0.3, -0.25) is 0 Å². The van der Waals surface area contributed by atoms with Crippen LogP contribution < -0.4 is 5.73 Å². The van der Waals surface area contributed by atoms with E-state index in [2.05, 4.69) is 6.58 Å². The summed E-state index contributed by atoms with van der Waals surface area (Å²) in [6.45, 7) is 4.53. The highest BCUT2D eigenvalue weighted by molar-refractivity contribution is 5.78. The molecule has 0 saturated carbocycles. The third-order valence-electron chi connectivity index (χ3n) is 1.07. The molecule has 0 heterocycles. The monoisotopic (exact) mass is 177 g/mol. The van der Waals surface area contributed by atoms with Gasteiger partial charge in [-0.25, -0.2) is 4.79 Å². The summed E-state index contributed by atoms with van der Waals surface area (Å²) >= 11 is 0. The zero-order valence-electron chi connectivity index (χ0n) is 7.03. The van der Waals surface area contributed by atoms with Gasteiger partial charge >= 0.3 is 5.97 Å². The third kappa shape index (κ3) is 11.8. The standard InChI is InChI=1S/C4H11NO2.C3H4O2/c1-2-4(6,7)3-5;1-2-3(4)5/h6-7H,2-3,5H2,1H3;2H,1H2,(H,4,5). The lowest BCUT2D eigenvalue weighted by Crippen LogP contribution is -2.36. The Balaban J connectivity index is 0. The van der Waals surface area contributed by atoms with E-state index in [0.717, 1.165) is 6.08 Å². The quantitative estimate of drug-likeness (QED) is 0.337. The Morgan fingerprint density at radius 3 is 2.00 bits per heavy atom. The first-order valence-corrected chi connectivity index (χ1v) is 3.39. The summed E-state index contributed by atoms with van der Waals surface area (Å²) in [7, 11) is 0. The first kappa shape index (κ1) is 13.7. The number of aliphatic carboxylic acids is 1. The number of rotatable bonds is 3. The molecule has 0 bridgehead atoms. The second-order valence-corrected chi connectivity index (χ2v) is 2.08. The third-order valence-corrected chi connectivity index (χ3v) is 1.07. The van der Waals surface area contributed by atoms with Gasteiger partial charge in [-0.15, -0.1) is 0 Å². The van der Waals surface area contributed by atoms with Crippen molar-refractivity contribution < 1.29 is 20.1 Å².